The lowest BCUT2D eigenvalue weighted by atomic mass is 10.0. The van der Waals surface area contributed by atoms with Crippen molar-refractivity contribution in [3.05, 3.63) is 110 Å². The van der Waals surface area contributed by atoms with Gasteiger partial charge in [0.05, 0.1) is 38.7 Å². The molecule has 0 fully saturated rings. The number of benzene rings is 2. The Bertz CT molecular complexity index is 2280. The third-order valence-electron chi connectivity index (χ3n) is 7.03. The lowest BCUT2D eigenvalue weighted by Crippen LogP contribution is -2.14. The first-order valence-electron chi connectivity index (χ1n) is 13.3. The molecular weight excluding hydrogens is 747 g/mol. The summed E-state index contributed by atoms with van der Waals surface area (Å²) in [4.78, 5) is 41.8. The molecule has 49 heavy (non-hydrogen) atoms. The zero-order valence-corrected chi connectivity index (χ0v) is 26.7. The summed E-state index contributed by atoms with van der Waals surface area (Å²) in [6.45, 7) is 0. The number of pyridine rings is 1. The van der Waals surface area contributed by atoms with Crippen molar-refractivity contribution in [3.8, 4) is 17.2 Å². The van der Waals surface area contributed by atoms with Crippen LogP contribution in [0.3, 0.4) is 0 Å². The highest BCUT2D eigenvalue weighted by Crippen LogP contribution is 2.44. The molecule has 6 aromatic rings. The van der Waals surface area contributed by atoms with Crippen LogP contribution in [0, 0.1) is 0 Å². The largest absolute Gasteiger partial charge is 0.507 e. The Labute approximate surface area is 288 Å². The summed E-state index contributed by atoms with van der Waals surface area (Å²) < 4.78 is 80.7. The first kappa shape index (κ1) is 34.2. The molecular formula is C30H14Cl3F6N5O4S. The average molecular weight is 761 g/mol. The zero-order valence-electron chi connectivity index (χ0n) is 23.6. The minimum atomic E-state index is -4.84. The van der Waals surface area contributed by atoms with Gasteiger partial charge in [-0.2, -0.15) is 26.3 Å². The van der Waals surface area contributed by atoms with Crippen LogP contribution in [0.25, 0.3) is 16.9 Å². The number of rotatable bonds is 7. The number of carbonyl (C=O) groups excluding carboxylic acids is 2. The predicted octanol–water partition coefficient (Wildman–Crippen LogP) is 9.10. The number of aromatic nitrogens is 5. The predicted molar refractivity (Wildman–Crippen MR) is 166 cm³/mol. The first-order valence-corrected chi connectivity index (χ1v) is 15.3. The molecule has 0 radical (unpaired) electrons. The van der Waals surface area contributed by atoms with Gasteiger partial charge in [-0.25, -0.2) is 9.97 Å². The number of halogens is 9. The fraction of sp³-hybridized carbons (Fsp3) is 0.0667. The Morgan fingerprint density at radius 2 is 1.41 bits per heavy atom. The number of H-pyrrole nitrogens is 2. The molecule has 9 nitrogen and oxygen atoms in total. The van der Waals surface area contributed by atoms with Gasteiger partial charge in [0.15, 0.2) is 10.8 Å². The molecule has 252 valence electrons. The van der Waals surface area contributed by atoms with E-state index in [4.69, 9.17) is 34.8 Å². The van der Waals surface area contributed by atoms with Crippen molar-refractivity contribution in [2.24, 2.45) is 0 Å². The number of aromatic amines is 2. The van der Waals surface area contributed by atoms with Crippen LogP contribution in [-0.4, -0.2) is 46.3 Å². The number of fused-ring (bicyclic) bond motifs is 1. The Balaban J connectivity index is 1.56. The fourth-order valence-electron chi connectivity index (χ4n) is 4.79. The molecule has 4 N–H and O–H groups in total. The molecule has 0 atom stereocenters. The summed E-state index contributed by atoms with van der Waals surface area (Å²) in [5.74, 6) is -4.30. The minimum Gasteiger partial charge on any atom is -0.507 e. The van der Waals surface area contributed by atoms with Crippen LogP contribution in [-0.2, 0) is 12.4 Å². The molecule has 0 aliphatic heterocycles. The van der Waals surface area contributed by atoms with Gasteiger partial charge in [-0.15, -0.1) is 0 Å². The van der Waals surface area contributed by atoms with E-state index in [-0.39, 0.29) is 26.0 Å². The second-order valence-electron chi connectivity index (χ2n) is 10.1. The van der Waals surface area contributed by atoms with E-state index >= 15 is 0 Å². The maximum absolute atomic E-state index is 14.0. The van der Waals surface area contributed by atoms with Gasteiger partial charge < -0.3 is 20.2 Å². The lowest BCUT2D eigenvalue weighted by Gasteiger charge is -2.15. The second kappa shape index (κ2) is 12.4. The molecule has 0 unspecified atom stereocenters. The molecule has 0 aliphatic rings. The van der Waals surface area contributed by atoms with E-state index < -0.39 is 74.1 Å². The molecule has 2 aromatic carbocycles. The first-order chi connectivity index (χ1) is 23.0. The highest BCUT2D eigenvalue weighted by atomic mass is 35.5. The quantitative estimate of drug-likeness (QED) is 0.0942. The maximum atomic E-state index is 14.0. The molecule has 0 spiro atoms. The summed E-state index contributed by atoms with van der Waals surface area (Å²) >= 11 is 20.3. The van der Waals surface area contributed by atoms with Gasteiger partial charge in [0.2, 0.25) is 11.6 Å². The summed E-state index contributed by atoms with van der Waals surface area (Å²) in [6.07, 6.45) is -8.20. The molecule has 0 saturated carbocycles. The third-order valence-corrected chi connectivity index (χ3v) is 9.16. The van der Waals surface area contributed by atoms with Crippen molar-refractivity contribution >= 4 is 69.3 Å². The molecule has 0 amide bonds. The van der Waals surface area contributed by atoms with Crippen LogP contribution in [0.4, 0.5) is 26.3 Å². The van der Waals surface area contributed by atoms with E-state index in [0.29, 0.717) is 35.4 Å². The van der Waals surface area contributed by atoms with Gasteiger partial charge in [-0.3, -0.25) is 14.2 Å². The number of hydrogen-bond donors (Lipinski definition) is 4. The minimum absolute atomic E-state index is 0.0567. The molecule has 6 rings (SSSR count). The zero-order chi connectivity index (χ0) is 35.6. The molecule has 4 heterocycles. The van der Waals surface area contributed by atoms with Crippen LogP contribution in [0.1, 0.15) is 43.2 Å². The average Bonchev–Trinajstić information content (AvgIpc) is 3.68. The number of ketones is 2. The van der Waals surface area contributed by atoms with Crippen LogP contribution < -0.4 is 0 Å². The lowest BCUT2D eigenvalue weighted by molar-refractivity contribution is -0.138. The van der Waals surface area contributed by atoms with Gasteiger partial charge in [-0.1, -0.05) is 34.8 Å². The number of hydrogen-bond acceptors (Lipinski definition) is 7. The number of imidazole rings is 1. The number of phenols is 2. The molecule has 19 heteroatoms. The monoisotopic (exact) mass is 759 g/mol. The molecule has 0 bridgehead atoms. The summed E-state index contributed by atoms with van der Waals surface area (Å²) in [6, 6.07) is 7.63. The second-order valence-corrected chi connectivity index (χ2v) is 12.3. The van der Waals surface area contributed by atoms with Crippen molar-refractivity contribution in [2.75, 3.05) is 0 Å². The molecule has 4 aromatic heterocycles. The number of carbonyl (C=O) groups is 2. The maximum Gasteiger partial charge on any atom is 0.416 e. The van der Waals surface area contributed by atoms with E-state index in [9.17, 15) is 46.1 Å². The topological polar surface area (TPSA) is 137 Å². The Morgan fingerprint density at radius 1 is 0.816 bits per heavy atom. The fourth-order valence-corrected chi connectivity index (χ4v) is 6.42. The smallest absolute Gasteiger partial charge is 0.416 e. The normalized spacial score (nSPS) is 12.2. The van der Waals surface area contributed by atoms with E-state index in [0.717, 1.165) is 34.5 Å². The molecule has 0 aliphatic carbocycles. The summed E-state index contributed by atoms with van der Waals surface area (Å²) in [5, 5.41) is 20.1. The van der Waals surface area contributed by atoms with E-state index in [2.05, 4.69) is 19.9 Å². The van der Waals surface area contributed by atoms with Crippen molar-refractivity contribution in [1.82, 2.24) is 24.5 Å². The number of alkyl halides is 6. The highest BCUT2D eigenvalue weighted by Gasteiger charge is 2.36. The third kappa shape index (κ3) is 6.32. The Morgan fingerprint density at radius 3 is 1.96 bits per heavy atom. The number of phenolic OH excluding ortho intramolecular Hbond substituents is 2. The van der Waals surface area contributed by atoms with E-state index in [1.165, 1.54) is 6.20 Å². The standard InChI is InChI=1S/C30H14Cl3F6N5O4S/c31-15-10-17(23(47)13-5-3-11(8-18(13)45)29(34,35)36)44(27(15)49-28-41-16-2-1-7-40-26(16)43-28)22-20(32)25(33)42-21(22)24(48)14-6-4-12(9-19(14)46)30(37,38)39/h1-10,42,45-46H,(H,40,41,43). The van der Waals surface area contributed by atoms with E-state index in [1.54, 1.807) is 12.1 Å². The number of nitrogens with zero attached hydrogens (tertiary/aromatic N) is 3. The summed E-state index contributed by atoms with van der Waals surface area (Å²) in [5.41, 5.74) is -4.26. The Hall–Kier alpha value is -4.64. The summed E-state index contributed by atoms with van der Waals surface area (Å²) in [7, 11) is 0. The Kier molecular flexibility index (Phi) is 8.63. The van der Waals surface area contributed by atoms with Gasteiger partial charge in [0.1, 0.15) is 37.9 Å². The van der Waals surface area contributed by atoms with Crippen LogP contribution in [0.5, 0.6) is 11.5 Å². The number of nitrogens with one attached hydrogen (secondary N) is 2. The van der Waals surface area contributed by atoms with Crippen molar-refractivity contribution < 1.29 is 46.1 Å². The van der Waals surface area contributed by atoms with Crippen molar-refractivity contribution in [2.45, 2.75) is 22.5 Å². The molecule has 0 saturated heterocycles. The van der Waals surface area contributed by atoms with E-state index in [1.807, 2.05) is 0 Å². The number of aromatic hydroxyl groups is 2. The van der Waals surface area contributed by atoms with Crippen LogP contribution >= 0.6 is 46.6 Å². The van der Waals surface area contributed by atoms with Gasteiger partial charge in [0.25, 0.3) is 0 Å². The van der Waals surface area contributed by atoms with Crippen molar-refractivity contribution in [3.63, 3.8) is 0 Å². The van der Waals surface area contributed by atoms with Crippen molar-refractivity contribution in [1.29, 1.82) is 0 Å². The van der Waals surface area contributed by atoms with Crippen LogP contribution in [0.15, 0.2) is 71.0 Å². The SMILES string of the molecule is O=C(c1ccc(C(F)(F)F)cc1O)c1[nH]c(Cl)c(Cl)c1-n1c(C(=O)c2ccc(C(F)(F)F)cc2O)cc(Cl)c1Sc1nc2cccnc2[nH]1. The van der Waals surface area contributed by atoms with Crippen LogP contribution in [0.2, 0.25) is 15.2 Å². The van der Waals surface area contributed by atoms with Gasteiger partial charge in [-0.05, 0) is 66.4 Å². The van der Waals surface area contributed by atoms with Gasteiger partial charge in [0, 0.05) is 6.20 Å². The van der Waals surface area contributed by atoms with Gasteiger partial charge >= 0.3 is 12.4 Å². The highest BCUT2D eigenvalue weighted by molar-refractivity contribution is 7.99.